The van der Waals surface area contributed by atoms with Crippen LogP contribution in [0.25, 0.3) is 22.2 Å². The van der Waals surface area contributed by atoms with Crippen LogP contribution in [0.2, 0.25) is 0 Å². The minimum Gasteiger partial charge on any atom is -0.489 e. The Bertz CT molecular complexity index is 1380. The minimum atomic E-state index is -0.530. The van der Waals surface area contributed by atoms with Gasteiger partial charge in [0.05, 0.1) is 11.6 Å². The topological polar surface area (TPSA) is 69.5 Å². The Morgan fingerprint density at radius 2 is 1.89 bits per heavy atom. The molecule has 1 amide bonds. The van der Waals surface area contributed by atoms with Crippen molar-refractivity contribution in [2.45, 2.75) is 45.4 Å². The second-order valence-corrected chi connectivity index (χ2v) is 9.96. The van der Waals surface area contributed by atoms with E-state index in [-0.39, 0.29) is 24.6 Å². The molecule has 8 heteroatoms. The molecule has 1 fully saturated rings. The van der Waals surface area contributed by atoms with Crippen LogP contribution >= 0.6 is 0 Å². The van der Waals surface area contributed by atoms with Crippen molar-refractivity contribution in [3.05, 3.63) is 78.4 Å². The maximum atomic E-state index is 13.9. The van der Waals surface area contributed by atoms with E-state index in [2.05, 4.69) is 4.98 Å². The molecule has 0 radical (unpaired) electrons. The first kappa shape index (κ1) is 23.8. The third-order valence-electron chi connectivity index (χ3n) is 6.15. The Kier molecular flexibility index (Phi) is 6.35. The molecule has 0 N–H and O–H groups in total. The Morgan fingerprint density at radius 1 is 1.11 bits per heavy atom. The van der Waals surface area contributed by atoms with Crippen molar-refractivity contribution < 1.29 is 18.7 Å². The molecule has 0 saturated carbocycles. The first-order chi connectivity index (χ1) is 17.3. The van der Waals surface area contributed by atoms with E-state index in [1.54, 1.807) is 29.3 Å². The van der Waals surface area contributed by atoms with Gasteiger partial charge in [0.25, 0.3) is 0 Å². The number of ether oxygens (including phenoxy) is 2. The summed E-state index contributed by atoms with van der Waals surface area (Å²) in [4.78, 5) is 18.6. The number of nitrogens with zero attached hydrogens (tertiary/aromatic N) is 4. The molecule has 1 atom stereocenters. The molecule has 1 aliphatic rings. The van der Waals surface area contributed by atoms with Crippen LogP contribution in [0.3, 0.4) is 0 Å². The lowest BCUT2D eigenvalue weighted by Gasteiger charge is -2.24. The summed E-state index contributed by atoms with van der Waals surface area (Å²) >= 11 is 0. The summed E-state index contributed by atoms with van der Waals surface area (Å²) in [6.45, 7) is 6.92. The van der Waals surface area contributed by atoms with Crippen LogP contribution in [0, 0.1) is 5.82 Å². The highest BCUT2D eigenvalue weighted by Crippen LogP contribution is 2.33. The van der Waals surface area contributed by atoms with Crippen LogP contribution in [0.15, 0.2) is 67.0 Å². The zero-order valence-corrected chi connectivity index (χ0v) is 20.6. The molecule has 0 spiro atoms. The zero-order valence-electron chi connectivity index (χ0n) is 20.6. The van der Waals surface area contributed by atoms with Crippen molar-refractivity contribution in [2.75, 3.05) is 13.1 Å². The number of hydrogen-bond acceptors (Lipinski definition) is 5. The number of amides is 1. The number of hydrogen-bond donors (Lipinski definition) is 0. The largest absolute Gasteiger partial charge is 0.489 e. The van der Waals surface area contributed by atoms with Gasteiger partial charge in [-0.1, -0.05) is 18.2 Å². The molecular weight excluding hydrogens is 459 g/mol. The first-order valence-electron chi connectivity index (χ1n) is 12.1. The summed E-state index contributed by atoms with van der Waals surface area (Å²) in [6.07, 6.45) is 4.07. The van der Waals surface area contributed by atoms with Gasteiger partial charge in [0.2, 0.25) is 0 Å². The SMILES string of the molecule is CC(C)(C)OC(=O)N1CC[C@@H](n2nc(-c3ccc(OCc4ccccc4F)cc3)c3cnccc32)C1. The number of rotatable bonds is 5. The summed E-state index contributed by atoms with van der Waals surface area (Å²) in [5, 5.41) is 5.89. The predicted octanol–water partition coefficient (Wildman–Crippen LogP) is 6.00. The monoisotopic (exact) mass is 488 g/mol. The molecule has 186 valence electrons. The van der Waals surface area contributed by atoms with Gasteiger partial charge in [-0.3, -0.25) is 9.67 Å². The predicted molar refractivity (Wildman–Crippen MR) is 135 cm³/mol. The summed E-state index contributed by atoms with van der Waals surface area (Å²) in [6, 6.07) is 16.2. The van der Waals surface area contributed by atoms with Crippen molar-refractivity contribution in [3.8, 4) is 17.0 Å². The highest BCUT2D eigenvalue weighted by atomic mass is 19.1. The first-order valence-corrected chi connectivity index (χ1v) is 12.1. The summed E-state index contributed by atoms with van der Waals surface area (Å²) in [7, 11) is 0. The van der Waals surface area contributed by atoms with E-state index in [0.29, 0.717) is 24.4 Å². The summed E-state index contributed by atoms with van der Waals surface area (Å²) in [5.74, 6) is 0.364. The third-order valence-corrected chi connectivity index (χ3v) is 6.15. The molecule has 0 bridgehead atoms. The molecule has 0 aliphatic carbocycles. The van der Waals surface area contributed by atoms with E-state index in [1.807, 2.05) is 62.0 Å². The number of carbonyl (C=O) groups is 1. The minimum absolute atomic E-state index is 0.0412. The molecule has 0 unspecified atom stereocenters. The molecule has 7 nitrogen and oxygen atoms in total. The van der Waals surface area contributed by atoms with Gasteiger partial charge in [-0.15, -0.1) is 0 Å². The Morgan fingerprint density at radius 3 is 2.64 bits per heavy atom. The van der Waals surface area contributed by atoms with Crippen molar-refractivity contribution in [1.82, 2.24) is 19.7 Å². The number of fused-ring (bicyclic) bond motifs is 1. The molecule has 36 heavy (non-hydrogen) atoms. The highest BCUT2D eigenvalue weighted by molar-refractivity contribution is 5.92. The zero-order chi connectivity index (χ0) is 25.3. The van der Waals surface area contributed by atoms with Crippen molar-refractivity contribution >= 4 is 17.0 Å². The van der Waals surface area contributed by atoms with E-state index in [9.17, 15) is 9.18 Å². The number of likely N-dealkylation sites (tertiary alicyclic amines) is 1. The molecule has 2 aromatic heterocycles. The summed E-state index contributed by atoms with van der Waals surface area (Å²) in [5.41, 5.74) is 2.68. The highest BCUT2D eigenvalue weighted by Gasteiger charge is 2.32. The van der Waals surface area contributed by atoms with Crippen molar-refractivity contribution in [2.24, 2.45) is 0 Å². The summed E-state index contributed by atoms with van der Waals surface area (Å²) < 4.78 is 27.2. The molecule has 1 aliphatic heterocycles. The van der Waals surface area contributed by atoms with Crippen LogP contribution in [0.4, 0.5) is 9.18 Å². The van der Waals surface area contributed by atoms with Crippen LogP contribution in [0.1, 0.15) is 38.8 Å². The maximum absolute atomic E-state index is 13.9. The van der Waals surface area contributed by atoms with Gasteiger partial charge in [-0.25, -0.2) is 9.18 Å². The fourth-order valence-electron chi connectivity index (χ4n) is 4.40. The number of carbonyl (C=O) groups excluding carboxylic acids is 1. The van der Waals surface area contributed by atoms with Crippen molar-refractivity contribution in [3.63, 3.8) is 0 Å². The average molecular weight is 489 g/mol. The van der Waals surface area contributed by atoms with Gasteiger partial charge >= 0.3 is 6.09 Å². The van der Waals surface area contributed by atoms with Gasteiger partial charge in [0, 0.05) is 42.0 Å². The van der Waals surface area contributed by atoms with Gasteiger partial charge in [0.15, 0.2) is 0 Å². The number of aromatic nitrogens is 3. The van der Waals surface area contributed by atoms with Crippen LogP contribution in [-0.4, -0.2) is 44.4 Å². The molecular formula is C28H29FN4O3. The molecule has 5 rings (SSSR count). The van der Waals surface area contributed by atoms with Crippen LogP contribution < -0.4 is 4.74 Å². The average Bonchev–Trinajstić information content (AvgIpc) is 3.48. The normalized spacial score (nSPS) is 15.9. The van der Waals surface area contributed by atoms with Gasteiger partial charge < -0.3 is 14.4 Å². The lowest BCUT2D eigenvalue weighted by molar-refractivity contribution is 0.0288. The number of benzene rings is 2. The van der Waals surface area contributed by atoms with Crippen molar-refractivity contribution in [1.29, 1.82) is 0 Å². The quantitative estimate of drug-likeness (QED) is 0.345. The Hall–Kier alpha value is -3.94. The van der Waals surface area contributed by atoms with Gasteiger partial charge in [0.1, 0.15) is 29.5 Å². The number of pyridine rings is 1. The van der Waals surface area contributed by atoms with E-state index >= 15 is 0 Å². The van der Waals surface area contributed by atoms with Crippen LogP contribution in [0.5, 0.6) is 5.75 Å². The second-order valence-electron chi connectivity index (χ2n) is 9.96. The molecule has 1 saturated heterocycles. The van der Waals surface area contributed by atoms with Gasteiger partial charge in [-0.2, -0.15) is 5.10 Å². The smallest absolute Gasteiger partial charge is 0.410 e. The van der Waals surface area contributed by atoms with Crippen LogP contribution in [-0.2, 0) is 11.3 Å². The van der Waals surface area contributed by atoms with E-state index in [1.165, 1.54) is 6.07 Å². The third kappa shape index (κ3) is 5.03. The Balaban J connectivity index is 1.35. The molecule has 2 aromatic carbocycles. The second kappa shape index (κ2) is 9.60. The standard InChI is InChI=1S/C28H29FN4O3/c1-28(2,3)36-27(34)32-15-13-21(17-32)33-25-12-14-30-16-23(25)26(31-33)19-8-10-22(11-9-19)35-18-20-6-4-5-7-24(20)29/h4-12,14,16,21H,13,15,17-18H2,1-3H3/t21-/m1/s1. The van der Waals surface area contributed by atoms with E-state index in [0.717, 1.165) is 28.6 Å². The Labute approximate surface area is 209 Å². The molecule has 3 heterocycles. The lowest BCUT2D eigenvalue weighted by Crippen LogP contribution is -2.35. The number of halogens is 1. The maximum Gasteiger partial charge on any atom is 0.410 e. The van der Waals surface area contributed by atoms with E-state index < -0.39 is 5.60 Å². The lowest BCUT2D eigenvalue weighted by atomic mass is 10.1. The van der Waals surface area contributed by atoms with E-state index in [4.69, 9.17) is 14.6 Å². The fraction of sp³-hybridized carbons (Fsp3) is 0.321. The van der Waals surface area contributed by atoms with Gasteiger partial charge in [-0.05, 0) is 63.6 Å². The fourth-order valence-corrected chi connectivity index (χ4v) is 4.40. The molecule has 4 aromatic rings.